The minimum atomic E-state index is 0.645. The van der Waals surface area contributed by atoms with Crippen LogP contribution in [-0.4, -0.2) is 24.0 Å². The molecule has 3 aliphatic rings. The standard InChI is InChI=1S/C13H21N/c1-13-7-2-5-11-6-3-9-14(12(11)13)10-4-8-13/h3,6,11-12H,2,4-5,7-10H2,1H3/t11-,12-,13-/m1/s1. The van der Waals surface area contributed by atoms with Gasteiger partial charge >= 0.3 is 0 Å². The van der Waals surface area contributed by atoms with Gasteiger partial charge in [0.25, 0.3) is 0 Å². The highest BCUT2D eigenvalue weighted by Crippen LogP contribution is 2.49. The zero-order chi connectivity index (χ0) is 9.60. The molecule has 0 radical (unpaired) electrons. The summed E-state index contributed by atoms with van der Waals surface area (Å²) >= 11 is 0. The first kappa shape index (κ1) is 8.96. The molecular weight excluding hydrogens is 170 g/mol. The predicted molar refractivity (Wildman–Crippen MR) is 59.2 cm³/mol. The van der Waals surface area contributed by atoms with Crippen molar-refractivity contribution in [2.45, 2.75) is 45.1 Å². The monoisotopic (exact) mass is 191 g/mol. The highest BCUT2D eigenvalue weighted by molar-refractivity contribution is 5.11. The molecule has 0 unspecified atom stereocenters. The zero-order valence-electron chi connectivity index (χ0n) is 9.21. The van der Waals surface area contributed by atoms with Crippen molar-refractivity contribution in [3.63, 3.8) is 0 Å². The normalized spacial score (nSPS) is 47.5. The van der Waals surface area contributed by atoms with Crippen LogP contribution in [0.15, 0.2) is 12.2 Å². The molecule has 0 bridgehead atoms. The third-order valence-corrected chi connectivity index (χ3v) is 4.71. The summed E-state index contributed by atoms with van der Waals surface area (Å²) in [6, 6.07) is 0.884. The van der Waals surface area contributed by atoms with Gasteiger partial charge in [-0.3, -0.25) is 4.90 Å². The molecule has 0 amide bonds. The molecule has 0 aromatic rings. The number of hydrogen-bond acceptors (Lipinski definition) is 1. The van der Waals surface area contributed by atoms with Gasteiger partial charge < -0.3 is 0 Å². The maximum absolute atomic E-state index is 2.74. The van der Waals surface area contributed by atoms with E-state index in [0.29, 0.717) is 5.41 Å². The summed E-state index contributed by atoms with van der Waals surface area (Å²) in [6.07, 6.45) is 12.2. The molecule has 0 N–H and O–H groups in total. The minimum Gasteiger partial charge on any atom is -0.296 e. The summed E-state index contributed by atoms with van der Waals surface area (Å²) in [5.74, 6) is 0.878. The Bertz CT molecular complexity index is 254. The summed E-state index contributed by atoms with van der Waals surface area (Å²) in [5, 5.41) is 0. The first-order valence-electron chi connectivity index (χ1n) is 6.20. The molecule has 2 aliphatic heterocycles. The van der Waals surface area contributed by atoms with E-state index in [0.717, 1.165) is 12.0 Å². The molecule has 1 nitrogen and oxygen atoms in total. The number of hydrogen-bond donors (Lipinski definition) is 0. The summed E-state index contributed by atoms with van der Waals surface area (Å²) in [6.45, 7) is 5.10. The fourth-order valence-corrected chi connectivity index (χ4v) is 4.15. The fourth-order valence-electron chi connectivity index (χ4n) is 4.15. The van der Waals surface area contributed by atoms with Crippen LogP contribution in [0.2, 0.25) is 0 Å². The molecule has 0 spiro atoms. The van der Waals surface area contributed by atoms with E-state index < -0.39 is 0 Å². The summed E-state index contributed by atoms with van der Waals surface area (Å²) in [7, 11) is 0. The van der Waals surface area contributed by atoms with E-state index in [1.165, 1.54) is 45.2 Å². The maximum Gasteiger partial charge on any atom is 0.0215 e. The molecule has 0 aromatic heterocycles. The maximum atomic E-state index is 2.74. The molecule has 3 rings (SSSR count). The van der Waals surface area contributed by atoms with Crippen LogP contribution in [0.4, 0.5) is 0 Å². The van der Waals surface area contributed by atoms with E-state index in [-0.39, 0.29) is 0 Å². The van der Waals surface area contributed by atoms with Crippen molar-refractivity contribution in [3.8, 4) is 0 Å². The Morgan fingerprint density at radius 2 is 2.14 bits per heavy atom. The molecule has 1 heteroatoms. The van der Waals surface area contributed by atoms with E-state index in [9.17, 15) is 0 Å². The SMILES string of the molecule is C[C@@]12CCC[C@@H]3C=CCN(CCC1)[C@H]32. The van der Waals surface area contributed by atoms with Crippen LogP contribution in [0.3, 0.4) is 0 Å². The van der Waals surface area contributed by atoms with Gasteiger partial charge in [-0.15, -0.1) is 0 Å². The molecule has 78 valence electrons. The first-order valence-corrected chi connectivity index (χ1v) is 6.20. The van der Waals surface area contributed by atoms with Gasteiger partial charge in [-0.25, -0.2) is 0 Å². The number of rotatable bonds is 0. The van der Waals surface area contributed by atoms with Crippen molar-refractivity contribution in [2.24, 2.45) is 11.3 Å². The predicted octanol–water partition coefficient (Wildman–Crippen LogP) is 2.83. The summed E-state index contributed by atoms with van der Waals surface area (Å²) in [5.41, 5.74) is 0.645. The molecule has 1 saturated carbocycles. The highest BCUT2D eigenvalue weighted by atomic mass is 15.2. The minimum absolute atomic E-state index is 0.645. The van der Waals surface area contributed by atoms with E-state index in [2.05, 4.69) is 24.0 Å². The fraction of sp³-hybridized carbons (Fsp3) is 0.846. The third-order valence-electron chi connectivity index (χ3n) is 4.71. The topological polar surface area (TPSA) is 3.24 Å². The first-order chi connectivity index (χ1) is 6.80. The van der Waals surface area contributed by atoms with E-state index in [4.69, 9.17) is 0 Å². The average molecular weight is 191 g/mol. The van der Waals surface area contributed by atoms with Crippen molar-refractivity contribution < 1.29 is 0 Å². The largest absolute Gasteiger partial charge is 0.296 e. The van der Waals surface area contributed by atoms with Crippen molar-refractivity contribution in [3.05, 3.63) is 12.2 Å². The Balaban J connectivity index is 1.95. The van der Waals surface area contributed by atoms with Crippen LogP contribution in [0, 0.1) is 11.3 Å². The van der Waals surface area contributed by atoms with Crippen LogP contribution in [0.25, 0.3) is 0 Å². The van der Waals surface area contributed by atoms with Crippen LogP contribution >= 0.6 is 0 Å². The Morgan fingerprint density at radius 3 is 3.07 bits per heavy atom. The second-order valence-corrected chi connectivity index (χ2v) is 5.68. The summed E-state index contributed by atoms with van der Waals surface area (Å²) in [4.78, 5) is 2.74. The Kier molecular flexibility index (Phi) is 1.98. The molecule has 1 saturated heterocycles. The molecule has 3 atom stereocenters. The number of piperidine rings is 1. The van der Waals surface area contributed by atoms with Crippen molar-refractivity contribution in [1.82, 2.24) is 4.90 Å². The molecule has 2 heterocycles. The van der Waals surface area contributed by atoms with Crippen molar-refractivity contribution in [2.75, 3.05) is 13.1 Å². The molecule has 0 aromatic carbocycles. The molecule has 14 heavy (non-hydrogen) atoms. The lowest BCUT2D eigenvalue weighted by Crippen LogP contribution is -2.57. The highest BCUT2D eigenvalue weighted by Gasteiger charge is 2.46. The van der Waals surface area contributed by atoms with Gasteiger partial charge in [0.15, 0.2) is 0 Å². The lowest BCUT2D eigenvalue weighted by Gasteiger charge is -2.55. The Morgan fingerprint density at radius 1 is 1.29 bits per heavy atom. The van der Waals surface area contributed by atoms with Gasteiger partial charge in [0, 0.05) is 12.6 Å². The van der Waals surface area contributed by atoms with Gasteiger partial charge in [0.1, 0.15) is 0 Å². The van der Waals surface area contributed by atoms with Gasteiger partial charge in [0.05, 0.1) is 0 Å². The van der Waals surface area contributed by atoms with Crippen molar-refractivity contribution >= 4 is 0 Å². The van der Waals surface area contributed by atoms with Gasteiger partial charge in [-0.05, 0) is 43.6 Å². The third kappa shape index (κ3) is 1.18. The van der Waals surface area contributed by atoms with Crippen LogP contribution < -0.4 is 0 Å². The lowest BCUT2D eigenvalue weighted by molar-refractivity contribution is -0.0289. The Labute approximate surface area is 87.2 Å². The quantitative estimate of drug-likeness (QED) is 0.532. The second kappa shape index (κ2) is 3.10. The van der Waals surface area contributed by atoms with Crippen LogP contribution in [0.1, 0.15) is 39.0 Å². The van der Waals surface area contributed by atoms with Crippen LogP contribution in [-0.2, 0) is 0 Å². The van der Waals surface area contributed by atoms with Gasteiger partial charge in [-0.2, -0.15) is 0 Å². The molecular formula is C13H21N. The van der Waals surface area contributed by atoms with Crippen LogP contribution in [0.5, 0.6) is 0 Å². The smallest absolute Gasteiger partial charge is 0.0215 e. The van der Waals surface area contributed by atoms with E-state index in [1.807, 2.05) is 0 Å². The molecule has 2 fully saturated rings. The molecule has 1 aliphatic carbocycles. The second-order valence-electron chi connectivity index (χ2n) is 5.68. The average Bonchev–Trinajstić information content (AvgIpc) is 2.18. The summed E-state index contributed by atoms with van der Waals surface area (Å²) < 4.78 is 0. The van der Waals surface area contributed by atoms with Crippen molar-refractivity contribution in [1.29, 1.82) is 0 Å². The Hall–Kier alpha value is -0.300. The number of nitrogens with zero attached hydrogens (tertiary/aromatic N) is 1. The zero-order valence-corrected chi connectivity index (χ0v) is 9.21. The van der Waals surface area contributed by atoms with E-state index >= 15 is 0 Å². The van der Waals surface area contributed by atoms with E-state index in [1.54, 1.807) is 0 Å². The van der Waals surface area contributed by atoms with Gasteiger partial charge in [-0.1, -0.05) is 25.5 Å². The lowest BCUT2D eigenvalue weighted by atomic mass is 9.61. The van der Waals surface area contributed by atoms with Gasteiger partial charge in [0.2, 0.25) is 0 Å².